The summed E-state index contributed by atoms with van der Waals surface area (Å²) in [5.74, 6) is 2.83. The van der Waals surface area contributed by atoms with Crippen molar-refractivity contribution in [3.05, 3.63) is 0 Å². The van der Waals surface area contributed by atoms with Crippen LogP contribution in [-0.2, 0) is 4.79 Å². The van der Waals surface area contributed by atoms with Gasteiger partial charge in [0.05, 0.1) is 10.8 Å². The molecule has 4 nitrogen and oxygen atoms in total. The minimum atomic E-state index is 0.203. The second kappa shape index (κ2) is 5.43. The summed E-state index contributed by atoms with van der Waals surface area (Å²) in [6, 6.07) is 0. The molecule has 3 heterocycles. The highest BCUT2D eigenvalue weighted by molar-refractivity contribution is 8.00. The molecule has 1 N–H and O–H groups in total. The van der Waals surface area contributed by atoms with Crippen LogP contribution in [0.25, 0.3) is 0 Å². The van der Waals surface area contributed by atoms with Crippen molar-refractivity contribution in [3.63, 3.8) is 0 Å². The molecule has 0 unspecified atom stereocenters. The molecule has 4 fully saturated rings. The lowest BCUT2D eigenvalue weighted by atomic mass is 9.84. The Morgan fingerprint density at radius 3 is 2.67 bits per heavy atom. The van der Waals surface area contributed by atoms with E-state index in [4.69, 9.17) is 0 Å². The van der Waals surface area contributed by atoms with Crippen LogP contribution in [0.4, 0.5) is 0 Å². The summed E-state index contributed by atoms with van der Waals surface area (Å²) in [7, 11) is 0. The molecule has 21 heavy (non-hydrogen) atoms. The predicted octanol–water partition coefficient (Wildman–Crippen LogP) is 1.19. The van der Waals surface area contributed by atoms with E-state index in [1.54, 1.807) is 0 Å². The molecular weight excluding hydrogens is 284 g/mol. The Bertz CT molecular complexity index is 415. The first kappa shape index (κ1) is 14.3. The van der Waals surface area contributed by atoms with Crippen LogP contribution in [0, 0.1) is 11.8 Å². The molecule has 0 aromatic carbocycles. The minimum absolute atomic E-state index is 0.203. The van der Waals surface area contributed by atoms with Crippen LogP contribution in [0.2, 0.25) is 0 Å². The SMILES string of the molecule is O=C([C@H]1CCCS1)N1CC2(C[C@@H](CO)CN2CC2CC2)C1. The van der Waals surface area contributed by atoms with E-state index in [2.05, 4.69) is 9.80 Å². The van der Waals surface area contributed by atoms with E-state index in [-0.39, 0.29) is 10.8 Å². The highest BCUT2D eigenvalue weighted by Gasteiger charge is 2.55. The van der Waals surface area contributed by atoms with E-state index in [0.29, 0.717) is 18.4 Å². The van der Waals surface area contributed by atoms with E-state index in [1.165, 1.54) is 25.8 Å². The van der Waals surface area contributed by atoms with E-state index in [1.807, 2.05) is 11.8 Å². The summed E-state index contributed by atoms with van der Waals surface area (Å²) < 4.78 is 0. The van der Waals surface area contributed by atoms with Gasteiger partial charge in [-0.3, -0.25) is 9.69 Å². The largest absolute Gasteiger partial charge is 0.396 e. The lowest BCUT2D eigenvalue weighted by Crippen LogP contribution is -2.70. The third-order valence-corrected chi connectivity index (χ3v) is 7.10. The van der Waals surface area contributed by atoms with Crippen LogP contribution in [-0.4, -0.2) is 70.1 Å². The molecule has 1 amide bonds. The predicted molar refractivity (Wildman–Crippen MR) is 84.3 cm³/mol. The smallest absolute Gasteiger partial charge is 0.235 e. The number of hydrogen-bond acceptors (Lipinski definition) is 4. The van der Waals surface area contributed by atoms with Gasteiger partial charge in [0.2, 0.25) is 5.91 Å². The van der Waals surface area contributed by atoms with Crippen LogP contribution in [0.3, 0.4) is 0 Å². The topological polar surface area (TPSA) is 43.8 Å². The van der Waals surface area contributed by atoms with Gasteiger partial charge in [-0.15, -0.1) is 11.8 Å². The molecule has 3 aliphatic heterocycles. The number of nitrogens with zero attached hydrogens (tertiary/aromatic N) is 2. The average molecular weight is 310 g/mol. The molecule has 1 saturated carbocycles. The normalized spacial score (nSPS) is 35.4. The maximum Gasteiger partial charge on any atom is 0.235 e. The molecule has 0 radical (unpaired) electrons. The van der Waals surface area contributed by atoms with Gasteiger partial charge in [0.25, 0.3) is 0 Å². The maximum absolute atomic E-state index is 12.5. The number of amides is 1. The van der Waals surface area contributed by atoms with Crippen molar-refractivity contribution in [1.82, 2.24) is 9.80 Å². The first-order valence-corrected chi connectivity index (χ1v) is 9.51. The van der Waals surface area contributed by atoms with E-state index >= 15 is 0 Å². The number of carbonyl (C=O) groups excluding carboxylic acids is 1. The van der Waals surface area contributed by atoms with Crippen molar-refractivity contribution in [1.29, 1.82) is 0 Å². The maximum atomic E-state index is 12.5. The van der Waals surface area contributed by atoms with Gasteiger partial charge in [0, 0.05) is 32.8 Å². The fraction of sp³-hybridized carbons (Fsp3) is 0.938. The second-order valence-electron chi connectivity index (χ2n) is 7.52. The van der Waals surface area contributed by atoms with Gasteiger partial charge in [0.1, 0.15) is 0 Å². The molecule has 4 aliphatic rings. The minimum Gasteiger partial charge on any atom is -0.396 e. The van der Waals surface area contributed by atoms with Crippen LogP contribution in [0.5, 0.6) is 0 Å². The summed E-state index contributed by atoms with van der Waals surface area (Å²) >= 11 is 1.84. The Hall–Kier alpha value is -0.260. The standard InChI is InChI=1S/C16H26N2O2S/c19-9-13-6-16(18(8-13)7-12-3-4-12)10-17(11-16)15(20)14-2-1-5-21-14/h12-14,19H,1-11H2/t13-,14-/m1/s1. The Balaban J connectivity index is 1.39. The Labute approximate surface area is 131 Å². The summed E-state index contributed by atoms with van der Waals surface area (Å²) in [4.78, 5) is 17.2. The van der Waals surface area contributed by atoms with Gasteiger partial charge >= 0.3 is 0 Å². The highest BCUT2D eigenvalue weighted by Crippen LogP contribution is 2.44. The van der Waals surface area contributed by atoms with Crippen LogP contribution in [0.15, 0.2) is 0 Å². The lowest BCUT2D eigenvalue weighted by Gasteiger charge is -2.53. The number of thioether (sulfide) groups is 1. The third kappa shape index (κ3) is 2.62. The monoisotopic (exact) mass is 310 g/mol. The first-order chi connectivity index (χ1) is 10.2. The van der Waals surface area contributed by atoms with Crippen LogP contribution < -0.4 is 0 Å². The zero-order valence-electron chi connectivity index (χ0n) is 12.7. The van der Waals surface area contributed by atoms with Crippen molar-refractivity contribution < 1.29 is 9.90 Å². The quantitative estimate of drug-likeness (QED) is 0.847. The van der Waals surface area contributed by atoms with E-state index in [0.717, 1.165) is 44.1 Å². The number of rotatable bonds is 4. The second-order valence-corrected chi connectivity index (χ2v) is 8.83. The molecule has 1 aliphatic carbocycles. The molecule has 2 atom stereocenters. The molecule has 5 heteroatoms. The molecule has 4 rings (SSSR count). The number of aliphatic hydroxyl groups excluding tert-OH is 1. The van der Waals surface area contributed by atoms with Crippen molar-refractivity contribution in [2.75, 3.05) is 38.5 Å². The van der Waals surface area contributed by atoms with Crippen LogP contribution in [0.1, 0.15) is 32.1 Å². The summed E-state index contributed by atoms with van der Waals surface area (Å²) in [5, 5.41) is 9.75. The summed E-state index contributed by atoms with van der Waals surface area (Å²) in [6.07, 6.45) is 6.09. The number of likely N-dealkylation sites (tertiary alicyclic amines) is 2. The zero-order valence-corrected chi connectivity index (χ0v) is 13.5. The molecular formula is C16H26N2O2S. The molecule has 0 bridgehead atoms. The van der Waals surface area contributed by atoms with Gasteiger partial charge < -0.3 is 10.0 Å². The molecule has 0 aromatic rings. The molecule has 1 spiro atoms. The van der Waals surface area contributed by atoms with Crippen molar-refractivity contribution in [2.45, 2.75) is 42.9 Å². The highest BCUT2D eigenvalue weighted by atomic mass is 32.2. The Morgan fingerprint density at radius 1 is 1.24 bits per heavy atom. The van der Waals surface area contributed by atoms with E-state index in [9.17, 15) is 9.90 Å². The van der Waals surface area contributed by atoms with Crippen LogP contribution >= 0.6 is 11.8 Å². The number of carbonyl (C=O) groups is 1. The number of hydrogen-bond donors (Lipinski definition) is 1. The van der Waals surface area contributed by atoms with Crippen molar-refractivity contribution >= 4 is 17.7 Å². The van der Waals surface area contributed by atoms with Gasteiger partial charge in [0.15, 0.2) is 0 Å². The Morgan fingerprint density at radius 2 is 2.05 bits per heavy atom. The molecule has 118 valence electrons. The fourth-order valence-corrected chi connectivity index (χ4v) is 5.61. The average Bonchev–Trinajstić information content (AvgIpc) is 2.98. The summed E-state index contributed by atoms with van der Waals surface area (Å²) in [5.41, 5.74) is 0.203. The lowest BCUT2D eigenvalue weighted by molar-refractivity contribution is -0.143. The van der Waals surface area contributed by atoms with Crippen molar-refractivity contribution in [3.8, 4) is 0 Å². The van der Waals surface area contributed by atoms with Crippen molar-refractivity contribution in [2.24, 2.45) is 11.8 Å². The zero-order chi connectivity index (χ0) is 14.4. The van der Waals surface area contributed by atoms with Gasteiger partial charge in [-0.05, 0) is 49.7 Å². The summed E-state index contributed by atoms with van der Waals surface area (Å²) in [6.45, 7) is 4.34. The molecule has 0 aromatic heterocycles. The van der Waals surface area contributed by atoms with E-state index < -0.39 is 0 Å². The molecule has 3 saturated heterocycles. The van der Waals surface area contributed by atoms with Gasteiger partial charge in [-0.2, -0.15) is 0 Å². The first-order valence-electron chi connectivity index (χ1n) is 8.46. The van der Waals surface area contributed by atoms with Gasteiger partial charge in [-0.25, -0.2) is 0 Å². The Kier molecular flexibility index (Phi) is 3.71. The number of aliphatic hydroxyl groups is 1. The third-order valence-electron chi connectivity index (χ3n) is 5.74. The fourth-order valence-electron chi connectivity index (χ4n) is 4.36. The van der Waals surface area contributed by atoms with Gasteiger partial charge in [-0.1, -0.05) is 0 Å².